The molecule has 4 heteroatoms. The van der Waals surface area contributed by atoms with Crippen LogP contribution >= 0.6 is 0 Å². The first-order valence-electron chi connectivity index (χ1n) is 17.0. The van der Waals surface area contributed by atoms with Crippen LogP contribution in [0.15, 0.2) is 0 Å². The number of rotatable bonds is 29. The van der Waals surface area contributed by atoms with Gasteiger partial charge in [0.25, 0.3) is 0 Å². The summed E-state index contributed by atoms with van der Waals surface area (Å²) in [5, 5.41) is 0. The molecule has 0 saturated carbocycles. The molecular formula is C34H74Br2N2. The maximum Gasteiger partial charge on any atom is 0.0782 e. The van der Waals surface area contributed by atoms with Crippen LogP contribution in [-0.2, 0) is 0 Å². The van der Waals surface area contributed by atoms with Crippen molar-refractivity contribution in [2.75, 3.05) is 54.4 Å². The Labute approximate surface area is 264 Å². The SMILES string of the molecule is CCCCCCCCCCCCCCCCCC[N+](C)(C)CCCCCC[N+](C)(C)CCCCCC.[Br-].[Br-]. The van der Waals surface area contributed by atoms with E-state index in [0.29, 0.717) is 0 Å². The van der Waals surface area contributed by atoms with Gasteiger partial charge >= 0.3 is 0 Å². The minimum absolute atomic E-state index is 0. The fourth-order valence-corrected chi connectivity index (χ4v) is 5.71. The summed E-state index contributed by atoms with van der Waals surface area (Å²) in [6.45, 7) is 10.1. The van der Waals surface area contributed by atoms with Gasteiger partial charge in [0.15, 0.2) is 0 Å². The molecule has 2 nitrogen and oxygen atoms in total. The minimum Gasteiger partial charge on any atom is -1.00 e. The monoisotopic (exact) mass is 668 g/mol. The van der Waals surface area contributed by atoms with Crippen LogP contribution in [0.1, 0.15) is 168 Å². The van der Waals surface area contributed by atoms with Gasteiger partial charge in [0.05, 0.1) is 54.4 Å². The highest BCUT2D eigenvalue weighted by atomic mass is 79.9. The molecule has 0 atom stereocenters. The summed E-state index contributed by atoms with van der Waals surface area (Å²) in [5.41, 5.74) is 0. The molecule has 0 aliphatic rings. The Morgan fingerprint density at radius 3 is 0.632 bits per heavy atom. The van der Waals surface area contributed by atoms with E-state index in [2.05, 4.69) is 42.0 Å². The highest BCUT2D eigenvalue weighted by molar-refractivity contribution is 4.51. The van der Waals surface area contributed by atoms with E-state index in [1.54, 1.807) is 0 Å². The summed E-state index contributed by atoms with van der Waals surface area (Å²) in [6.07, 6.45) is 34.7. The van der Waals surface area contributed by atoms with E-state index in [1.807, 2.05) is 0 Å². The van der Waals surface area contributed by atoms with E-state index in [9.17, 15) is 0 Å². The van der Waals surface area contributed by atoms with Crippen LogP contribution in [0.4, 0.5) is 0 Å². The number of quaternary nitrogens is 2. The van der Waals surface area contributed by atoms with Gasteiger partial charge in [-0.1, -0.05) is 117 Å². The van der Waals surface area contributed by atoms with Crippen LogP contribution in [0.2, 0.25) is 0 Å². The second-order valence-corrected chi connectivity index (χ2v) is 13.5. The van der Waals surface area contributed by atoms with E-state index in [4.69, 9.17) is 0 Å². The zero-order valence-corrected chi connectivity index (χ0v) is 30.6. The first-order valence-corrected chi connectivity index (χ1v) is 17.0. The van der Waals surface area contributed by atoms with E-state index < -0.39 is 0 Å². The predicted octanol–water partition coefficient (Wildman–Crippen LogP) is 4.55. The van der Waals surface area contributed by atoms with Crippen molar-refractivity contribution in [2.24, 2.45) is 0 Å². The van der Waals surface area contributed by atoms with Crippen molar-refractivity contribution in [1.29, 1.82) is 0 Å². The van der Waals surface area contributed by atoms with Crippen molar-refractivity contribution < 1.29 is 42.9 Å². The van der Waals surface area contributed by atoms with Gasteiger partial charge in [-0.05, 0) is 51.4 Å². The summed E-state index contributed by atoms with van der Waals surface area (Å²) >= 11 is 0. The van der Waals surface area contributed by atoms with Crippen molar-refractivity contribution in [3.63, 3.8) is 0 Å². The van der Waals surface area contributed by atoms with Crippen LogP contribution in [-0.4, -0.2) is 63.3 Å². The minimum atomic E-state index is 0. The van der Waals surface area contributed by atoms with Crippen molar-refractivity contribution in [3.05, 3.63) is 0 Å². The molecule has 0 aromatic heterocycles. The second-order valence-electron chi connectivity index (χ2n) is 13.5. The highest BCUT2D eigenvalue weighted by Crippen LogP contribution is 2.15. The molecular weight excluding hydrogens is 596 g/mol. The predicted molar refractivity (Wildman–Crippen MR) is 166 cm³/mol. The maximum atomic E-state index is 2.46. The molecule has 0 unspecified atom stereocenters. The lowest BCUT2D eigenvalue weighted by Gasteiger charge is -2.31. The average Bonchev–Trinajstić information content (AvgIpc) is 2.83. The Bertz CT molecular complexity index is 440. The van der Waals surface area contributed by atoms with Crippen molar-refractivity contribution in [1.82, 2.24) is 0 Å². The third-order valence-electron chi connectivity index (χ3n) is 8.51. The molecule has 0 aliphatic carbocycles. The Balaban J connectivity index is -0.00000612. The van der Waals surface area contributed by atoms with Crippen molar-refractivity contribution in [2.45, 2.75) is 168 Å². The first kappa shape index (κ1) is 43.3. The molecule has 0 heterocycles. The van der Waals surface area contributed by atoms with Gasteiger partial charge in [-0.15, -0.1) is 0 Å². The fourth-order valence-electron chi connectivity index (χ4n) is 5.71. The largest absolute Gasteiger partial charge is 1.00 e. The molecule has 38 heavy (non-hydrogen) atoms. The summed E-state index contributed by atoms with van der Waals surface area (Å²) < 4.78 is 2.46. The molecule has 0 rings (SSSR count). The molecule has 0 radical (unpaired) electrons. The van der Waals surface area contributed by atoms with Gasteiger partial charge in [-0.2, -0.15) is 0 Å². The summed E-state index contributed by atoms with van der Waals surface area (Å²) in [7, 11) is 9.79. The third-order valence-corrected chi connectivity index (χ3v) is 8.51. The van der Waals surface area contributed by atoms with Crippen LogP contribution in [0, 0.1) is 0 Å². The zero-order valence-electron chi connectivity index (χ0n) is 27.4. The van der Waals surface area contributed by atoms with Crippen LogP contribution in [0.3, 0.4) is 0 Å². The molecule has 0 amide bonds. The lowest BCUT2D eigenvalue weighted by atomic mass is 10.0. The van der Waals surface area contributed by atoms with E-state index in [-0.39, 0.29) is 34.0 Å². The number of unbranched alkanes of at least 4 members (excludes halogenated alkanes) is 21. The second kappa shape index (κ2) is 30.8. The van der Waals surface area contributed by atoms with Gasteiger partial charge in [0.2, 0.25) is 0 Å². The fraction of sp³-hybridized carbons (Fsp3) is 1.00. The number of halogens is 2. The lowest BCUT2D eigenvalue weighted by Crippen LogP contribution is -3.00. The van der Waals surface area contributed by atoms with E-state index in [0.717, 1.165) is 0 Å². The Morgan fingerprint density at radius 2 is 0.421 bits per heavy atom. The van der Waals surface area contributed by atoms with E-state index >= 15 is 0 Å². The third kappa shape index (κ3) is 33.1. The molecule has 0 aliphatic heterocycles. The standard InChI is InChI=1S/C34H74N2.2BrH/c1-7-9-11-13-14-15-16-17-18-19-20-21-22-23-24-28-32-36(5,6)34-30-26-25-29-33-35(3,4)31-27-12-10-8-2;;/h7-34H2,1-6H3;2*1H/q+2;;/p-2. The van der Waals surface area contributed by atoms with Gasteiger partial charge in [-0.25, -0.2) is 0 Å². The molecule has 0 saturated heterocycles. The molecule has 0 aromatic rings. The molecule has 234 valence electrons. The molecule has 0 spiro atoms. The smallest absolute Gasteiger partial charge is 0.0782 e. The quantitative estimate of drug-likeness (QED) is 0.0810. The molecule has 0 bridgehead atoms. The van der Waals surface area contributed by atoms with Crippen LogP contribution in [0.25, 0.3) is 0 Å². The Hall–Kier alpha value is 0.880. The van der Waals surface area contributed by atoms with Crippen LogP contribution < -0.4 is 34.0 Å². The Morgan fingerprint density at radius 1 is 0.263 bits per heavy atom. The van der Waals surface area contributed by atoms with E-state index in [1.165, 1.54) is 189 Å². The van der Waals surface area contributed by atoms with Gasteiger partial charge in [0.1, 0.15) is 0 Å². The zero-order chi connectivity index (χ0) is 26.8. The number of nitrogens with zero attached hydrogens (tertiary/aromatic N) is 2. The van der Waals surface area contributed by atoms with Gasteiger partial charge in [0, 0.05) is 0 Å². The molecule has 0 aromatic carbocycles. The number of hydrogen-bond donors (Lipinski definition) is 0. The van der Waals surface area contributed by atoms with Gasteiger partial charge < -0.3 is 42.9 Å². The lowest BCUT2D eigenvalue weighted by molar-refractivity contribution is -0.891. The highest BCUT2D eigenvalue weighted by Gasteiger charge is 2.15. The first-order chi connectivity index (χ1) is 17.3. The summed E-state index contributed by atoms with van der Waals surface area (Å²) in [6, 6.07) is 0. The van der Waals surface area contributed by atoms with Gasteiger partial charge in [-0.3, -0.25) is 0 Å². The molecule has 0 N–H and O–H groups in total. The topological polar surface area (TPSA) is 0 Å². The molecule has 0 fully saturated rings. The Kier molecular flexibility index (Phi) is 35.2. The summed E-state index contributed by atoms with van der Waals surface area (Å²) in [4.78, 5) is 0. The van der Waals surface area contributed by atoms with Crippen molar-refractivity contribution in [3.8, 4) is 0 Å². The van der Waals surface area contributed by atoms with Crippen LogP contribution in [0.5, 0.6) is 0 Å². The normalized spacial score (nSPS) is 11.8. The maximum absolute atomic E-state index is 2.46. The number of hydrogen-bond acceptors (Lipinski definition) is 0. The summed E-state index contributed by atoms with van der Waals surface area (Å²) in [5.74, 6) is 0. The van der Waals surface area contributed by atoms with Crippen molar-refractivity contribution >= 4 is 0 Å². The average molecular weight is 671 g/mol.